The fourth-order valence-corrected chi connectivity index (χ4v) is 2.66. The van der Waals surface area contributed by atoms with Gasteiger partial charge in [-0.15, -0.1) is 0 Å². The van der Waals surface area contributed by atoms with Gasteiger partial charge < -0.3 is 10.6 Å². The normalized spacial score (nSPS) is 28.3. The Morgan fingerprint density at radius 3 is 2.13 bits per heavy atom. The van der Waals surface area contributed by atoms with Crippen molar-refractivity contribution < 1.29 is 4.79 Å². The number of nitrogens with one attached hydrogen (secondary N) is 2. The lowest BCUT2D eigenvalue weighted by atomic mass is 10.0. The van der Waals surface area contributed by atoms with Crippen LogP contribution in [0, 0.1) is 22.7 Å². The van der Waals surface area contributed by atoms with Crippen LogP contribution in [0.25, 0.3) is 0 Å². The van der Waals surface area contributed by atoms with E-state index in [2.05, 4.69) is 38.3 Å². The molecule has 0 spiro atoms. The van der Waals surface area contributed by atoms with Crippen molar-refractivity contribution in [2.24, 2.45) is 22.7 Å². The molecule has 2 fully saturated rings. The third kappa shape index (κ3) is 1.57. The van der Waals surface area contributed by atoms with Crippen LogP contribution < -0.4 is 10.6 Å². The summed E-state index contributed by atoms with van der Waals surface area (Å²) in [6, 6.07) is 0. The Morgan fingerprint density at radius 1 is 1.27 bits per heavy atom. The summed E-state index contributed by atoms with van der Waals surface area (Å²) < 4.78 is 0. The lowest BCUT2D eigenvalue weighted by Gasteiger charge is -2.25. The second-order valence-corrected chi connectivity index (χ2v) is 6.10. The minimum absolute atomic E-state index is 0.218. The molecule has 2 N–H and O–H groups in total. The van der Waals surface area contributed by atoms with E-state index in [0.29, 0.717) is 16.7 Å². The van der Waals surface area contributed by atoms with E-state index in [4.69, 9.17) is 0 Å². The molecule has 1 amide bonds. The SMILES string of the molecule is CC1(C)C(CNC(=O)C2CNC2)C1(C)C. The number of hydrogen-bond donors (Lipinski definition) is 2. The Hall–Kier alpha value is -0.570. The highest BCUT2D eigenvalue weighted by molar-refractivity contribution is 5.80. The maximum Gasteiger partial charge on any atom is 0.225 e. The van der Waals surface area contributed by atoms with Gasteiger partial charge in [-0.25, -0.2) is 0 Å². The molecule has 0 atom stereocenters. The summed E-state index contributed by atoms with van der Waals surface area (Å²) in [5.41, 5.74) is 0.746. The molecule has 1 saturated heterocycles. The maximum absolute atomic E-state index is 11.6. The molecule has 1 aliphatic heterocycles. The topological polar surface area (TPSA) is 41.1 Å². The summed E-state index contributed by atoms with van der Waals surface area (Å²) in [4.78, 5) is 11.6. The van der Waals surface area contributed by atoms with E-state index in [1.165, 1.54) is 0 Å². The fraction of sp³-hybridized carbons (Fsp3) is 0.917. The second-order valence-electron chi connectivity index (χ2n) is 6.10. The molecular formula is C12H22N2O. The number of carbonyl (C=O) groups excluding carboxylic acids is 1. The van der Waals surface area contributed by atoms with Crippen LogP contribution in [-0.2, 0) is 4.79 Å². The first kappa shape index (κ1) is 10.9. The van der Waals surface area contributed by atoms with Gasteiger partial charge in [-0.3, -0.25) is 4.79 Å². The Labute approximate surface area is 92.0 Å². The van der Waals surface area contributed by atoms with Crippen molar-refractivity contribution in [1.82, 2.24) is 10.6 Å². The van der Waals surface area contributed by atoms with Gasteiger partial charge in [0.05, 0.1) is 5.92 Å². The van der Waals surface area contributed by atoms with Crippen LogP contribution in [0.4, 0.5) is 0 Å². The molecule has 0 aromatic carbocycles. The molecule has 2 aliphatic rings. The zero-order chi connectivity index (χ0) is 11.3. The van der Waals surface area contributed by atoms with Crippen LogP contribution in [0.5, 0.6) is 0 Å². The van der Waals surface area contributed by atoms with E-state index in [0.717, 1.165) is 19.6 Å². The zero-order valence-electron chi connectivity index (χ0n) is 10.2. The quantitative estimate of drug-likeness (QED) is 0.730. The summed E-state index contributed by atoms with van der Waals surface area (Å²) in [6.07, 6.45) is 0. The Kier molecular flexibility index (Phi) is 2.34. The summed E-state index contributed by atoms with van der Waals surface area (Å²) in [6.45, 7) is 11.7. The Morgan fingerprint density at radius 2 is 1.80 bits per heavy atom. The van der Waals surface area contributed by atoms with E-state index in [9.17, 15) is 4.79 Å². The molecule has 86 valence electrons. The van der Waals surface area contributed by atoms with Crippen molar-refractivity contribution in [2.45, 2.75) is 27.7 Å². The van der Waals surface area contributed by atoms with Gasteiger partial charge in [-0.2, -0.15) is 0 Å². The highest BCUT2D eigenvalue weighted by Gasteiger charge is 2.64. The molecule has 15 heavy (non-hydrogen) atoms. The van der Waals surface area contributed by atoms with Crippen LogP contribution in [0.1, 0.15) is 27.7 Å². The van der Waals surface area contributed by atoms with Gasteiger partial charge in [0.25, 0.3) is 0 Å². The predicted octanol–water partition coefficient (Wildman–Crippen LogP) is 1.00. The van der Waals surface area contributed by atoms with Crippen LogP contribution >= 0.6 is 0 Å². The van der Waals surface area contributed by atoms with Crippen LogP contribution in [0.3, 0.4) is 0 Å². The monoisotopic (exact) mass is 210 g/mol. The van der Waals surface area contributed by atoms with Crippen LogP contribution in [0.15, 0.2) is 0 Å². The molecule has 0 radical (unpaired) electrons. The summed E-state index contributed by atoms with van der Waals surface area (Å²) in [5, 5.41) is 6.20. The average Bonchev–Trinajstić information content (AvgIpc) is 2.36. The molecule has 0 aromatic heterocycles. The van der Waals surface area contributed by atoms with E-state index in [-0.39, 0.29) is 11.8 Å². The lowest BCUT2D eigenvalue weighted by Crippen LogP contribution is -2.51. The number of amides is 1. The molecule has 3 nitrogen and oxygen atoms in total. The largest absolute Gasteiger partial charge is 0.355 e. The fourth-order valence-electron chi connectivity index (χ4n) is 2.66. The van der Waals surface area contributed by atoms with Gasteiger partial charge in [0.15, 0.2) is 0 Å². The van der Waals surface area contributed by atoms with Gasteiger partial charge in [0, 0.05) is 19.6 Å². The first-order valence-electron chi connectivity index (χ1n) is 5.86. The summed E-state index contributed by atoms with van der Waals surface area (Å²) in [7, 11) is 0. The zero-order valence-corrected chi connectivity index (χ0v) is 10.2. The van der Waals surface area contributed by atoms with Crippen molar-refractivity contribution in [3.8, 4) is 0 Å². The van der Waals surface area contributed by atoms with Gasteiger partial charge >= 0.3 is 0 Å². The molecule has 0 aromatic rings. The number of hydrogen-bond acceptors (Lipinski definition) is 2. The maximum atomic E-state index is 11.6. The van der Waals surface area contributed by atoms with Gasteiger partial charge in [0.1, 0.15) is 0 Å². The van der Waals surface area contributed by atoms with Crippen molar-refractivity contribution in [3.05, 3.63) is 0 Å². The molecule has 0 unspecified atom stereocenters. The van der Waals surface area contributed by atoms with Gasteiger partial charge in [0.2, 0.25) is 5.91 Å². The van der Waals surface area contributed by atoms with Gasteiger partial charge in [-0.1, -0.05) is 27.7 Å². The van der Waals surface area contributed by atoms with E-state index < -0.39 is 0 Å². The summed E-state index contributed by atoms with van der Waals surface area (Å²) in [5.74, 6) is 1.07. The first-order valence-corrected chi connectivity index (χ1v) is 5.86. The van der Waals surface area contributed by atoms with Crippen molar-refractivity contribution in [1.29, 1.82) is 0 Å². The summed E-state index contributed by atoms with van der Waals surface area (Å²) >= 11 is 0. The first-order chi connectivity index (χ1) is 6.87. The second kappa shape index (κ2) is 3.21. The lowest BCUT2D eigenvalue weighted by molar-refractivity contribution is -0.126. The molecule has 3 heteroatoms. The smallest absolute Gasteiger partial charge is 0.225 e. The van der Waals surface area contributed by atoms with Crippen LogP contribution in [0.2, 0.25) is 0 Å². The molecule has 1 saturated carbocycles. The minimum atomic E-state index is 0.218. The van der Waals surface area contributed by atoms with E-state index >= 15 is 0 Å². The highest BCUT2D eigenvalue weighted by Crippen LogP contribution is 2.67. The number of carbonyl (C=O) groups is 1. The minimum Gasteiger partial charge on any atom is -0.355 e. The Balaban J connectivity index is 1.78. The molecule has 0 bridgehead atoms. The van der Waals surface area contributed by atoms with Gasteiger partial charge in [-0.05, 0) is 16.7 Å². The predicted molar refractivity (Wildman–Crippen MR) is 60.4 cm³/mol. The van der Waals surface area contributed by atoms with Crippen molar-refractivity contribution in [2.75, 3.05) is 19.6 Å². The number of rotatable bonds is 3. The van der Waals surface area contributed by atoms with Crippen molar-refractivity contribution >= 4 is 5.91 Å². The molecular weight excluding hydrogens is 188 g/mol. The third-order valence-electron chi connectivity index (χ3n) is 4.95. The van der Waals surface area contributed by atoms with Crippen LogP contribution in [-0.4, -0.2) is 25.5 Å². The Bertz CT molecular complexity index is 265. The van der Waals surface area contributed by atoms with Crippen molar-refractivity contribution in [3.63, 3.8) is 0 Å². The molecule has 2 rings (SSSR count). The molecule has 1 heterocycles. The van der Waals surface area contributed by atoms with E-state index in [1.54, 1.807) is 0 Å². The van der Waals surface area contributed by atoms with E-state index in [1.807, 2.05) is 0 Å². The third-order valence-corrected chi connectivity index (χ3v) is 4.95. The highest BCUT2D eigenvalue weighted by atomic mass is 16.2. The standard InChI is InChI=1S/C12H22N2O/c1-11(2)9(12(11,3)4)7-14-10(15)8-5-13-6-8/h8-9,13H,5-7H2,1-4H3,(H,14,15). The molecule has 1 aliphatic carbocycles. The average molecular weight is 210 g/mol.